The van der Waals surface area contributed by atoms with E-state index in [0.717, 1.165) is 12.8 Å². The van der Waals surface area contributed by atoms with Gasteiger partial charge in [-0.05, 0) is 18.3 Å². The molecule has 1 aliphatic rings. The molecule has 4 atom stereocenters. The summed E-state index contributed by atoms with van der Waals surface area (Å²) < 4.78 is 0. The van der Waals surface area contributed by atoms with Crippen molar-refractivity contribution in [2.75, 3.05) is 0 Å². The molecule has 0 radical (unpaired) electrons. The van der Waals surface area contributed by atoms with E-state index in [1.54, 1.807) is 6.08 Å². The molecule has 1 aliphatic carbocycles. The Labute approximate surface area is 86.6 Å². The first-order chi connectivity index (χ1) is 6.55. The summed E-state index contributed by atoms with van der Waals surface area (Å²) in [5.41, 5.74) is -0.984. The summed E-state index contributed by atoms with van der Waals surface area (Å²) in [6.07, 6.45) is 5.68. The molecule has 1 rings (SSSR count). The van der Waals surface area contributed by atoms with Crippen molar-refractivity contribution in [2.24, 2.45) is 11.8 Å². The van der Waals surface area contributed by atoms with Crippen LogP contribution in [-0.4, -0.2) is 21.9 Å². The molecule has 0 heterocycles. The SMILES string of the molecule is CCCC1(O)C=CC(C)C(CC)C1O. The van der Waals surface area contributed by atoms with Gasteiger partial charge < -0.3 is 10.2 Å². The van der Waals surface area contributed by atoms with Gasteiger partial charge in [0, 0.05) is 0 Å². The zero-order chi connectivity index (χ0) is 10.8. The molecule has 4 unspecified atom stereocenters. The predicted molar refractivity (Wildman–Crippen MR) is 57.9 cm³/mol. The molecule has 82 valence electrons. The van der Waals surface area contributed by atoms with E-state index < -0.39 is 11.7 Å². The van der Waals surface area contributed by atoms with Crippen LogP contribution in [0.4, 0.5) is 0 Å². The fraction of sp³-hybridized carbons (Fsp3) is 0.833. The van der Waals surface area contributed by atoms with Gasteiger partial charge in [0.1, 0.15) is 5.60 Å². The summed E-state index contributed by atoms with van der Waals surface area (Å²) in [4.78, 5) is 0. The third-order valence-corrected chi connectivity index (χ3v) is 3.40. The normalized spacial score (nSPS) is 42.8. The number of allylic oxidation sites excluding steroid dienone is 1. The fourth-order valence-electron chi connectivity index (χ4n) is 2.44. The fourth-order valence-corrected chi connectivity index (χ4v) is 2.44. The Morgan fingerprint density at radius 1 is 1.36 bits per heavy atom. The van der Waals surface area contributed by atoms with E-state index in [0.29, 0.717) is 12.3 Å². The predicted octanol–water partition coefficient (Wildman–Crippen LogP) is 2.11. The van der Waals surface area contributed by atoms with Crippen molar-refractivity contribution in [1.82, 2.24) is 0 Å². The lowest BCUT2D eigenvalue weighted by Crippen LogP contribution is -2.49. The van der Waals surface area contributed by atoms with Gasteiger partial charge in [0.25, 0.3) is 0 Å². The Morgan fingerprint density at radius 2 is 2.00 bits per heavy atom. The third-order valence-electron chi connectivity index (χ3n) is 3.40. The number of rotatable bonds is 3. The van der Waals surface area contributed by atoms with Crippen LogP contribution in [0.5, 0.6) is 0 Å². The third kappa shape index (κ3) is 2.01. The first kappa shape index (κ1) is 11.7. The van der Waals surface area contributed by atoms with Crippen molar-refractivity contribution in [3.05, 3.63) is 12.2 Å². The maximum atomic E-state index is 10.2. The highest BCUT2D eigenvalue weighted by Gasteiger charge is 2.41. The van der Waals surface area contributed by atoms with Crippen molar-refractivity contribution in [1.29, 1.82) is 0 Å². The van der Waals surface area contributed by atoms with Gasteiger partial charge in [-0.25, -0.2) is 0 Å². The lowest BCUT2D eigenvalue weighted by Gasteiger charge is -2.40. The number of hydrogen-bond donors (Lipinski definition) is 2. The molecule has 0 aromatic rings. The van der Waals surface area contributed by atoms with Crippen LogP contribution in [0.25, 0.3) is 0 Å². The van der Waals surface area contributed by atoms with Crippen LogP contribution in [0.1, 0.15) is 40.0 Å². The number of aliphatic hydroxyl groups is 2. The first-order valence-electron chi connectivity index (χ1n) is 5.65. The molecule has 0 amide bonds. The van der Waals surface area contributed by atoms with Crippen molar-refractivity contribution in [2.45, 2.75) is 51.7 Å². The minimum atomic E-state index is -0.984. The zero-order valence-corrected chi connectivity index (χ0v) is 9.40. The molecule has 2 nitrogen and oxygen atoms in total. The van der Waals surface area contributed by atoms with Gasteiger partial charge in [0.2, 0.25) is 0 Å². The van der Waals surface area contributed by atoms with Gasteiger partial charge in [-0.2, -0.15) is 0 Å². The molecule has 0 saturated carbocycles. The highest BCUT2D eigenvalue weighted by Crippen LogP contribution is 2.35. The molecular formula is C12H22O2. The highest BCUT2D eigenvalue weighted by molar-refractivity contribution is 5.13. The van der Waals surface area contributed by atoms with E-state index in [4.69, 9.17) is 0 Å². The van der Waals surface area contributed by atoms with Crippen molar-refractivity contribution in [3.8, 4) is 0 Å². The molecule has 0 saturated heterocycles. The minimum Gasteiger partial charge on any atom is -0.389 e. The largest absolute Gasteiger partial charge is 0.389 e. The summed E-state index contributed by atoms with van der Waals surface area (Å²) in [6, 6.07) is 0. The highest BCUT2D eigenvalue weighted by atomic mass is 16.3. The smallest absolute Gasteiger partial charge is 0.109 e. The second-order valence-corrected chi connectivity index (χ2v) is 4.48. The van der Waals surface area contributed by atoms with Gasteiger partial charge in [-0.1, -0.05) is 45.8 Å². The van der Waals surface area contributed by atoms with Crippen LogP contribution in [0, 0.1) is 11.8 Å². The van der Waals surface area contributed by atoms with E-state index in [2.05, 4.69) is 13.8 Å². The molecule has 0 aliphatic heterocycles. The van der Waals surface area contributed by atoms with Gasteiger partial charge >= 0.3 is 0 Å². The Morgan fingerprint density at radius 3 is 2.50 bits per heavy atom. The zero-order valence-electron chi connectivity index (χ0n) is 9.40. The standard InChI is InChI=1S/C12H22O2/c1-4-7-12(14)8-6-9(3)10(5-2)11(12)13/h6,8-11,13-14H,4-5,7H2,1-3H3. The van der Waals surface area contributed by atoms with Crippen molar-refractivity contribution < 1.29 is 10.2 Å². The van der Waals surface area contributed by atoms with Crippen molar-refractivity contribution >= 4 is 0 Å². The van der Waals surface area contributed by atoms with Gasteiger partial charge in [-0.15, -0.1) is 0 Å². The molecule has 14 heavy (non-hydrogen) atoms. The second kappa shape index (κ2) is 4.45. The summed E-state index contributed by atoms with van der Waals surface area (Å²) in [5.74, 6) is 0.559. The summed E-state index contributed by atoms with van der Waals surface area (Å²) in [5, 5.41) is 20.3. The summed E-state index contributed by atoms with van der Waals surface area (Å²) in [6.45, 7) is 6.19. The summed E-state index contributed by atoms with van der Waals surface area (Å²) >= 11 is 0. The van der Waals surface area contributed by atoms with Gasteiger partial charge in [0.05, 0.1) is 6.10 Å². The Hall–Kier alpha value is -0.340. The first-order valence-corrected chi connectivity index (χ1v) is 5.65. The van der Waals surface area contributed by atoms with E-state index >= 15 is 0 Å². The Kier molecular flexibility index (Phi) is 3.73. The molecular weight excluding hydrogens is 176 g/mol. The lowest BCUT2D eigenvalue weighted by molar-refractivity contribution is -0.0893. The van der Waals surface area contributed by atoms with Crippen LogP contribution in [0.15, 0.2) is 12.2 Å². The van der Waals surface area contributed by atoms with Crippen LogP contribution < -0.4 is 0 Å². The maximum Gasteiger partial charge on any atom is 0.109 e. The monoisotopic (exact) mass is 198 g/mol. The van der Waals surface area contributed by atoms with Crippen LogP contribution in [0.2, 0.25) is 0 Å². The Balaban J connectivity index is 2.85. The van der Waals surface area contributed by atoms with E-state index in [-0.39, 0.29) is 5.92 Å². The van der Waals surface area contributed by atoms with E-state index in [9.17, 15) is 10.2 Å². The van der Waals surface area contributed by atoms with E-state index in [1.165, 1.54) is 0 Å². The quantitative estimate of drug-likeness (QED) is 0.682. The molecule has 0 spiro atoms. The van der Waals surface area contributed by atoms with Crippen LogP contribution in [0.3, 0.4) is 0 Å². The van der Waals surface area contributed by atoms with Crippen molar-refractivity contribution in [3.63, 3.8) is 0 Å². The van der Waals surface area contributed by atoms with Gasteiger partial charge in [0.15, 0.2) is 0 Å². The second-order valence-electron chi connectivity index (χ2n) is 4.48. The molecule has 2 N–H and O–H groups in total. The number of aliphatic hydroxyl groups excluding tert-OH is 1. The Bertz CT molecular complexity index is 212. The molecule has 0 aromatic heterocycles. The molecule has 2 heteroatoms. The minimum absolute atomic E-state index is 0.191. The molecule has 0 bridgehead atoms. The average molecular weight is 198 g/mol. The lowest BCUT2D eigenvalue weighted by atomic mass is 9.72. The van der Waals surface area contributed by atoms with Crippen LogP contribution in [-0.2, 0) is 0 Å². The van der Waals surface area contributed by atoms with Gasteiger partial charge in [-0.3, -0.25) is 0 Å². The molecule has 0 fully saturated rings. The molecule has 0 aromatic carbocycles. The topological polar surface area (TPSA) is 40.5 Å². The number of hydrogen-bond acceptors (Lipinski definition) is 2. The van der Waals surface area contributed by atoms with E-state index in [1.807, 2.05) is 13.0 Å². The summed E-state index contributed by atoms with van der Waals surface area (Å²) in [7, 11) is 0. The maximum absolute atomic E-state index is 10.2. The average Bonchev–Trinajstić information content (AvgIpc) is 2.14. The van der Waals surface area contributed by atoms with Crippen LogP contribution >= 0.6 is 0 Å².